The van der Waals surface area contributed by atoms with Crippen LogP contribution in [-0.4, -0.2) is 23.9 Å². The predicted octanol–water partition coefficient (Wildman–Crippen LogP) is 5.91. The van der Waals surface area contributed by atoms with Crippen LogP contribution in [0, 0.1) is 0 Å². The average molecular weight is 428 g/mol. The van der Waals surface area contributed by atoms with Crippen molar-refractivity contribution in [3.05, 3.63) is 84.9 Å². The van der Waals surface area contributed by atoms with Crippen molar-refractivity contribution >= 4 is 34.6 Å². The number of anilines is 2. The van der Waals surface area contributed by atoms with Crippen LogP contribution in [-0.2, 0) is 9.59 Å². The van der Waals surface area contributed by atoms with Crippen LogP contribution < -0.4 is 10.6 Å². The first-order chi connectivity index (χ1) is 15.5. The molecule has 0 aliphatic carbocycles. The second kappa shape index (κ2) is 11.3. The van der Waals surface area contributed by atoms with E-state index in [0.29, 0.717) is 22.7 Å². The van der Waals surface area contributed by atoms with E-state index >= 15 is 0 Å². The van der Waals surface area contributed by atoms with Gasteiger partial charge < -0.3 is 10.6 Å². The maximum Gasteiger partial charge on any atom is 0.250 e. The lowest BCUT2D eigenvalue weighted by Crippen LogP contribution is -2.24. The summed E-state index contributed by atoms with van der Waals surface area (Å²) in [4.78, 5) is 24.6. The molecule has 2 atom stereocenters. The molecule has 3 aromatic carbocycles. The van der Waals surface area contributed by atoms with E-state index in [1.165, 1.54) is 0 Å². The van der Waals surface area contributed by atoms with Gasteiger partial charge >= 0.3 is 0 Å². The Kier molecular flexibility index (Phi) is 7.91. The number of azo groups is 2. The largest absolute Gasteiger partial charge is 0.324 e. The summed E-state index contributed by atoms with van der Waals surface area (Å²) in [6, 6.07) is 23.9. The number of benzene rings is 3. The summed E-state index contributed by atoms with van der Waals surface area (Å²) in [6.07, 6.45) is 0. The molecule has 2 N–H and O–H groups in total. The molecule has 32 heavy (non-hydrogen) atoms. The third-order valence-electron chi connectivity index (χ3n) is 4.38. The van der Waals surface area contributed by atoms with Crippen LogP contribution in [0.1, 0.15) is 13.8 Å². The first kappa shape index (κ1) is 22.5. The van der Waals surface area contributed by atoms with E-state index in [1.54, 1.807) is 38.1 Å². The standard InChI is InChI=1S/C24H24N6O2/c1-17(27-29-21-9-5-3-6-10-21)23(31)25-19-13-15-20(16-14-19)26-24(32)18(2)28-30-22-11-7-4-8-12-22/h3-18H,1-2H3,(H,25,31)(H,26,32). The molecule has 0 saturated heterocycles. The summed E-state index contributed by atoms with van der Waals surface area (Å²) in [5, 5.41) is 21.8. The molecule has 0 spiro atoms. The minimum absolute atomic E-state index is 0.281. The first-order valence-electron chi connectivity index (χ1n) is 10.1. The topological polar surface area (TPSA) is 108 Å². The maximum atomic E-state index is 12.3. The molecule has 2 unspecified atom stereocenters. The summed E-state index contributed by atoms with van der Waals surface area (Å²) in [5.74, 6) is -0.562. The Morgan fingerprint density at radius 1 is 0.594 bits per heavy atom. The van der Waals surface area contributed by atoms with Gasteiger partial charge in [-0.25, -0.2) is 0 Å². The maximum absolute atomic E-state index is 12.3. The Morgan fingerprint density at radius 3 is 1.28 bits per heavy atom. The SMILES string of the molecule is CC(N=Nc1ccccc1)C(=O)Nc1ccc(NC(=O)C(C)N=Nc2ccccc2)cc1. The van der Waals surface area contributed by atoms with Crippen molar-refractivity contribution < 1.29 is 9.59 Å². The molecule has 0 saturated carbocycles. The molecule has 8 heteroatoms. The fourth-order valence-corrected chi connectivity index (χ4v) is 2.53. The van der Waals surface area contributed by atoms with Crippen molar-refractivity contribution in [2.75, 3.05) is 10.6 Å². The predicted molar refractivity (Wildman–Crippen MR) is 125 cm³/mol. The van der Waals surface area contributed by atoms with Crippen LogP contribution in [0.15, 0.2) is 105 Å². The summed E-state index contributed by atoms with van der Waals surface area (Å²) >= 11 is 0. The molecular formula is C24H24N6O2. The van der Waals surface area contributed by atoms with Gasteiger partial charge in [0.1, 0.15) is 12.1 Å². The minimum Gasteiger partial charge on any atom is -0.324 e. The van der Waals surface area contributed by atoms with Crippen molar-refractivity contribution in [3.63, 3.8) is 0 Å². The smallest absolute Gasteiger partial charge is 0.250 e. The number of hydrogen-bond acceptors (Lipinski definition) is 6. The molecule has 0 aliphatic heterocycles. The Hall–Kier alpha value is -4.20. The van der Waals surface area contributed by atoms with Crippen LogP contribution in [0.4, 0.5) is 22.7 Å². The molecule has 0 bridgehead atoms. The van der Waals surface area contributed by atoms with Gasteiger partial charge in [-0.1, -0.05) is 36.4 Å². The van der Waals surface area contributed by atoms with Gasteiger partial charge in [-0.15, -0.1) is 0 Å². The second-order valence-corrected chi connectivity index (χ2v) is 7.01. The molecule has 2 amide bonds. The van der Waals surface area contributed by atoms with E-state index in [-0.39, 0.29) is 11.8 Å². The zero-order valence-corrected chi connectivity index (χ0v) is 17.8. The lowest BCUT2D eigenvalue weighted by molar-refractivity contribution is -0.117. The lowest BCUT2D eigenvalue weighted by atomic mass is 10.2. The van der Waals surface area contributed by atoms with Crippen molar-refractivity contribution in [3.8, 4) is 0 Å². The molecule has 0 fully saturated rings. The van der Waals surface area contributed by atoms with Gasteiger partial charge in [-0.05, 0) is 62.4 Å². The van der Waals surface area contributed by atoms with Gasteiger partial charge in [0.05, 0.1) is 11.4 Å². The molecule has 8 nitrogen and oxygen atoms in total. The van der Waals surface area contributed by atoms with Gasteiger partial charge in [0.2, 0.25) is 0 Å². The Bertz CT molecular complexity index is 994. The number of nitrogens with zero attached hydrogens (tertiary/aromatic N) is 4. The zero-order chi connectivity index (χ0) is 22.8. The van der Waals surface area contributed by atoms with Gasteiger partial charge in [-0.3, -0.25) is 9.59 Å². The number of hydrogen-bond donors (Lipinski definition) is 2. The molecule has 0 heterocycles. The van der Waals surface area contributed by atoms with E-state index < -0.39 is 12.1 Å². The number of carbonyl (C=O) groups excluding carboxylic acids is 2. The normalized spacial score (nSPS) is 13.1. The molecule has 0 radical (unpaired) electrons. The number of amides is 2. The van der Waals surface area contributed by atoms with Gasteiger partial charge in [0.25, 0.3) is 11.8 Å². The molecule has 0 aliphatic rings. The molecule has 0 aromatic heterocycles. The lowest BCUT2D eigenvalue weighted by Gasteiger charge is -2.10. The third-order valence-corrected chi connectivity index (χ3v) is 4.38. The van der Waals surface area contributed by atoms with Crippen molar-refractivity contribution in [1.29, 1.82) is 0 Å². The highest BCUT2D eigenvalue weighted by Gasteiger charge is 2.14. The Balaban J connectivity index is 1.50. The van der Waals surface area contributed by atoms with Crippen LogP contribution in [0.3, 0.4) is 0 Å². The number of rotatable bonds is 8. The van der Waals surface area contributed by atoms with Gasteiger partial charge in [-0.2, -0.15) is 20.5 Å². The van der Waals surface area contributed by atoms with Crippen molar-refractivity contribution in [2.45, 2.75) is 25.9 Å². The number of nitrogens with one attached hydrogen (secondary N) is 2. The minimum atomic E-state index is -0.648. The Labute approximate surface area is 186 Å². The van der Waals surface area contributed by atoms with Crippen LogP contribution in [0.5, 0.6) is 0 Å². The summed E-state index contributed by atoms with van der Waals surface area (Å²) in [6.45, 7) is 3.34. The fraction of sp³-hybridized carbons (Fsp3) is 0.167. The first-order valence-corrected chi connectivity index (χ1v) is 10.1. The molecule has 3 aromatic rings. The van der Waals surface area contributed by atoms with Crippen LogP contribution in [0.2, 0.25) is 0 Å². The molecular weight excluding hydrogens is 404 g/mol. The third kappa shape index (κ3) is 6.94. The highest BCUT2D eigenvalue weighted by Crippen LogP contribution is 2.16. The van der Waals surface area contributed by atoms with Crippen LogP contribution in [0.25, 0.3) is 0 Å². The second-order valence-electron chi connectivity index (χ2n) is 7.01. The van der Waals surface area contributed by atoms with E-state index in [2.05, 4.69) is 31.1 Å². The molecule has 3 rings (SSSR count). The molecule has 162 valence electrons. The quantitative estimate of drug-likeness (QED) is 0.435. The van der Waals surface area contributed by atoms with E-state index in [1.807, 2.05) is 60.7 Å². The van der Waals surface area contributed by atoms with Gasteiger partial charge in [0.15, 0.2) is 0 Å². The Morgan fingerprint density at radius 2 is 0.938 bits per heavy atom. The summed E-state index contributed by atoms with van der Waals surface area (Å²) in [5.41, 5.74) is 2.55. The van der Waals surface area contributed by atoms with Gasteiger partial charge in [0, 0.05) is 11.4 Å². The van der Waals surface area contributed by atoms with E-state index in [4.69, 9.17) is 0 Å². The van der Waals surface area contributed by atoms with E-state index in [9.17, 15) is 9.59 Å². The van der Waals surface area contributed by atoms with Crippen molar-refractivity contribution in [1.82, 2.24) is 0 Å². The fourth-order valence-electron chi connectivity index (χ4n) is 2.53. The average Bonchev–Trinajstić information content (AvgIpc) is 2.83. The summed E-state index contributed by atoms with van der Waals surface area (Å²) in [7, 11) is 0. The monoisotopic (exact) mass is 428 g/mol. The zero-order valence-electron chi connectivity index (χ0n) is 17.8. The van der Waals surface area contributed by atoms with E-state index in [0.717, 1.165) is 0 Å². The van der Waals surface area contributed by atoms with Crippen LogP contribution >= 0.6 is 0 Å². The number of carbonyl (C=O) groups is 2. The van der Waals surface area contributed by atoms with Crippen molar-refractivity contribution in [2.24, 2.45) is 20.5 Å². The summed E-state index contributed by atoms with van der Waals surface area (Å²) < 4.78 is 0. The highest BCUT2D eigenvalue weighted by atomic mass is 16.2. The highest BCUT2D eigenvalue weighted by molar-refractivity contribution is 5.96.